The van der Waals surface area contributed by atoms with E-state index >= 15 is 0 Å². The fourth-order valence-electron chi connectivity index (χ4n) is 1.51. The Morgan fingerprint density at radius 2 is 2.19 bits per heavy atom. The largest absolute Gasteiger partial charge is 0.474 e. The third kappa shape index (κ3) is 2.30. The van der Waals surface area contributed by atoms with E-state index in [0.29, 0.717) is 0 Å². The standard InChI is InChI=1S/C13H16N2O/c1-8(2)11-6-9(3)15-7-12(11)13(14)16-10-4-5-10/h6-7,10,14H,1,4-5H2,2-3H3. The zero-order valence-corrected chi connectivity index (χ0v) is 9.71. The average Bonchev–Trinajstić information content (AvgIpc) is 3.01. The number of pyridine rings is 1. The summed E-state index contributed by atoms with van der Waals surface area (Å²) in [4.78, 5) is 4.21. The summed E-state index contributed by atoms with van der Waals surface area (Å²) in [5.74, 6) is 0.216. The summed E-state index contributed by atoms with van der Waals surface area (Å²) in [5, 5.41) is 7.90. The van der Waals surface area contributed by atoms with Gasteiger partial charge in [-0.05, 0) is 38.3 Å². The molecular weight excluding hydrogens is 200 g/mol. The summed E-state index contributed by atoms with van der Waals surface area (Å²) < 4.78 is 5.48. The highest BCUT2D eigenvalue weighted by Gasteiger charge is 2.26. The molecule has 1 heterocycles. The highest BCUT2D eigenvalue weighted by atomic mass is 16.5. The lowest BCUT2D eigenvalue weighted by molar-refractivity contribution is 0.288. The van der Waals surface area contributed by atoms with E-state index in [1.54, 1.807) is 6.20 Å². The molecule has 1 saturated carbocycles. The Balaban J connectivity index is 2.30. The van der Waals surface area contributed by atoms with Crippen LogP contribution in [0.25, 0.3) is 5.57 Å². The molecule has 0 aromatic carbocycles. The Labute approximate surface area is 95.7 Å². The number of ether oxygens (including phenoxy) is 1. The van der Waals surface area contributed by atoms with E-state index in [2.05, 4.69) is 11.6 Å². The Hall–Kier alpha value is -1.64. The van der Waals surface area contributed by atoms with Crippen LogP contribution in [0.15, 0.2) is 18.8 Å². The summed E-state index contributed by atoms with van der Waals surface area (Å²) in [5.41, 5.74) is 3.56. The summed E-state index contributed by atoms with van der Waals surface area (Å²) in [6.07, 6.45) is 4.06. The molecule has 1 fully saturated rings. The fourth-order valence-corrected chi connectivity index (χ4v) is 1.51. The van der Waals surface area contributed by atoms with Gasteiger partial charge in [0.05, 0.1) is 5.56 Å². The van der Waals surface area contributed by atoms with Crippen LogP contribution >= 0.6 is 0 Å². The minimum absolute atomic E-state index is 0.216. The summed E-state index contributed by atoms with van der Waals surface area (Å²) >= 11 is 0. The SMILES string of the molecule is C=C(C)c1cc(C)ncc1C(=N)OC1CC1. The van der Waals surface area contributed by atoms with Crippen LogP contribution in [0, 0.1) is 12.3 Å². The second-order valence-electron chi connectivity index (χ2n) is 4.30. The molecule has 16 heavy (non-hydrogen) atoms. The van der Waals surface area contributed by atoms with Crippen LogP contribution in [-0.4, -0.2) is 17.0 Å². The fraction of sp³-hybridized carbons (Fsp3) is 0.385. The lowest BCUT2D eigenvalue weighted by atomic mass is 10.0. The van der Waals surface area contributed by atoms with Crippen molar-refractivity contribution in [1.82, 2.24) is 4.98 Å². The number of nitrogens with zero attached hydrogens (tertiary/aromatic N) is 1. The Morgan fingerprint density at radius 3 is 2.75 bits per heavy atom. The Kier molecular flexibility index (Phi) is 2.77. The number of hydrogen-bond acceptors (Lipinski definition) is 3. The smallest absolute Gasteiger partial charge is 0.215 e. The van der Waals surface area contributed by atoms with Gasteiger partial charge in [0, 0.05) is 11.9 Å². The van der Waals surface area contributed by atoms with Crippen LogP contribution in [-0.2, 0) is 4.74 Å². The molecule has 2 rings (SSSR count). The summed E-state index contributed by atoms with van der Waals surface area (Å²) in [6.45, 7) is 7.79. The maximum atomic E-state index is 7.90. The molecule has 3 nitrogen and oxygen atoms in total. The van der Waals surface area contributed by atoms with Crippen LogP contribution < -0.4 is 0 Å². The first-order chi connectivity index (χ1) is 7.58. The zero-order chi connectivity index (χ0) is 11.7. The molecule has 1 N–H and O–H groups in total. The number of rotatable bonds is 3. The molecule has 84 valence electrons. The van der Waals surface area contributed by atoms with E-state index in [1.165, 1.54) is 0 Å². The van der Waals surface area contributed by atoms with Crippen molar-refractivity contribution in [3.63, 3.8) is 0 Å². The summed E-state index contributed by atoms with van der Waals surface area (Å²) in [6, 6.07) is 1.95. The molecular formula is C13H16N2O. The van der Waals surface area contributed by atoms with Crippen LogP contribution in [0.5, 0.6) is 0 Å². The molecule has 0 spiro atoms. The van der Waals surface area contributed by atoms with Crippen molar-refractivity contribution in [2.75, 3.05) is 0 Å². The van der Waals surface area contributed by atoms with Crippen LogP contribution in [0.4, 0.5) is 0 Å². The van der Waals surface area contributed by atoms with E-state index in [1.807, 2.05) is 19.9 Å². The molecule has 0 bridgehead atoms. The van der Waals surface area contributed by atoms with Gasteiger partial charge in [-0.3, -0.25) is 10.4 Å². The molecule has 0 atom stereocenters. The first-order valence-electron chi connectivity index (χ1n) is 5.46. The van der Waals surface area contributed by atoms with Crippen LogP contribution in [0.3, 0.4) is 0 Å². The lowest BCUT2D eigenvalue weighted by Gasteiger charge is -2.11. The van der Waals surface area contributed by atoms with Gasteiger partial charge < -0.3 is 4.74 Å². The predicted molar refractivity (Wildman–Crippen MR) is 64.6 cm³/mol. The van der Waals surface area contributed by atoms with Crippen molar-refractivity contribution in [1.29, 1.82) is 5.41 Å². The highest BCUT2D eigenvalue weighted by molar-refractivity contribution is 5.96. The topological polar surface area (TPSA) is 46.0 Å². The van der Waals surface area contributed by atoms with Gasteiger partial charge in [-0.1, -0.05) is 12.2 Å². The molecule has 0 saturated heterocycles. The predicted octanol–water partition coefficient (Wildman–Crippen LogP) is 2.93. The van der Waals surface area contributed by atoms with Crippen molar-refractivity contribution in [3.05, 3.63) is 35.7 Å². The number of aromatic nitrogens is 1. The average molecular weight is 216 g/mol. The van der Waals surface area contributed by atoms with Crippen molar-refractivity contribution in [2.24, 2.45) is 0 Å². The zero-order valence-electron chi connectivity index (χ0n) is 9.71. The van der Waals surface area contributed by atoms with Gasteiger partial charge in [-0.2, -0.15) is 0 Å². The molecule has 0 radical (unpaired) electrons. The van der Waals surface area contributed by atoms with Crippen LogP contribution in [0.2, 0.25) is 0 Å². The monoisotopic (exact) mass is 216 g/mol. The molecule has 3 heteroatoms. The number of aryl methyl sites for hydroxylation is 1. The van der Waals surface area contributed by atoms with Gasteiger partial charge in [0.25, 0.3) is 0 Å². The van der Waals surface area contributed by atoms with E-state index in [9.17, 15) is 0 Å². The van der Waals surface area contributed by atoms with Gasteiger partial charge in [0.1, 0.15) is 6.10 Å². The second-order valence-corrected chi connectivity index (χ2v) is 4.30. The minimum Gasteiger partial charge on any atom is -0.474 e. The van der Waals surface area contributed by atoms with Gasteiger partial charge in [0.15, 0.2) is 0 Å². The maximum Gasteiger partial charge on any atom is 0.215 e. The second kappa shape index (κ2) is 4.08. The van der Waals surface area contributed by atoms with Gasteiger partial charge in [0.2, 0.25) is 5.90 Å². The molecule has 1 aliphatic carbocycles. The molecule has 1 aromatic heterocycles. The number of nitrogens with one attached hydrogen (secondary N) is 1. The highest BCUT2D eigenvalue weighted by Crippen LogP contribution is 2.26. The number of allylic oxidation sites excluding steroid dienone is 1. The molecule has 1 aromatic rings. The first kappa shape index (κ1) is 10.9. The molecule has 0 unspecified atom stereocenters. The minimum atomic E-state index is 0.216. The van der Waals surface area contributed by atoms with Crippen molar-refractivity contribution in [3.8, 4) is 0 Å². The van der Waals surface area contributed by atoms with Gasteiger partial charge in [-0.25, -0.2) is 0 Å². The third-order valence-electron chi connectivity index (χ3n) is 2.55. The van der Waals surface area contributed by atoms with Crippen LogP contribution in [0.1, 0.15) is 36.6 Å². The van der Waals surface area contributed by atoms with Crippen molar-refractivity contribution < 1.29 is 4.74 Å². The molecule has 0 amide bonds. The Bertz CT molecular complexity index is 447. The third-order valence-corrected chi connectivity index (χ3v) is 2.55. The van der Waals surface area contributed by atoms with E-state index in [-0.39, 0.29) is 12.0 Å². The van der Waals surface area contributed by atoms with E-state index in [4.69, 9.17) is 10.1 Å². The molecule has 0 aliphatic heterocycles. The first-order valence-corrected chi connectivity index (χ1v) is 5.46. The quantitative estimate of drug-likeness (QED) is 0.623. The van der Waals surface area contributed by atoms with Gasteiger partial charge >= 0.3 is 0 Å². The van der Waals surface area contributed by atoms with Gasteiger partial charge in [-0.15, -0.1) is 0 Å². The normalized spacial score (nSPS) is 14.6. The van der Waals surface area contributed by atoms with Crippen molar-refractivity contribution in [2.45, 2.75) is 32.8 Å². The molecule has 1 aliphatic rings. The lowest BCUT2D eigenvalue weighted by Crippen LogP contribution is -2.10. The van der Waals surface area contributed by atoms with E-state index < -0.39 is 0 Å². The Morgan fingerprint density at radius 1 is 1.50 bits per heavy atom. The van der Waals surface area contributed by atoms with E-state index in [0.717, 1.165) is 35.2 Å². The summed E-state index contributed by atoms with van der Waals surface area (Å²) in [7, 11) is 0. The number of hydrogen-bond donors (Lipinski definition) is 1. The van der Waals surface area contributed by atoms with Crippen molar-refractivity contribution >= 4 is 11.5 Å². The maximum absolute atomic E-state index is 7.90.